The summed E-state index contributed by atoms with van der Waals surface area (Å²) in [5, 5.41) is 2.19. The summed E-state index contributed by atoms with van der Waals surface area (Å²) in [6.07, 6.45) is -5.95. The average Bonchev–Trinajstić information content (AvgIpc) is 2.24. The molecule has 1 atom stereocenters. The van der Waals surface area contributed by atoms with Crippen LogP contribution in [0, 0.1) is 5.92 Å². The van der Waals surface area contributed by atoms with Crippen molar-refractivity contribution in [2.24, 2.45) is 5.92 Å². The molecule has 18 heavy (non-hydrogen) atoms. The Morgan fingerprint density at radius 1 is 1.22 bits per heavy atom. The highest BCUT2D eigenvalue weighted by molar-refractivity contribution is 5.85. The normalized spacial score (nSPS) is 14.0. The van der Waals surface area contributed by atoms with Crippen molar-refractivity contribution in [1.82, 2.24) is 10.2 Å². The fraction of sp³-hybridized carbons (Fsp3) is 0.778. The van der Waals surface area contributed by atoms with Gasteiger partial charge in [-0.25, -0.2) is 0 Å². The Kier molecular flexibility index (Phi) is 5.06. The average molecular weight is 276 g/mol. The van der Waals surface area contributed by atoms with E-state index in [4.69, 9.17) is 0 Å². The Hall–Kier alpha value is -1.41. The van der Waals surface area contributed by atoms with Crippen LogP contribution in [-0.2, 0) is 9.59 Å². The molecule has 0 saturated carbocycles. The van der Waals surface area contributed by atoms with Crippen LogP contribution < -0.4 is 5.32 Å². The van der Waals surface area contributed by atoms with Crippen LogP contribution in [0.5, 0.6) is 0 Å². The van der Waals surface area contributed by atoms with E-state index in [1.807, 2.05) is 0 Å². The molecule has 0 radical (unpaired) electrons. The van der Waals surface area contributed by atoms with Crippen molar-refractivity contribution in [3.63, 3.8) is 0 Å². The summed E-state index contributed by atoms with van der Waals surface area (Å²) in [5.41, 5.74) is 0. The van der Waals surface area contributed by atoms with Crippen LogP contribution in [0.2, 0.25) is 0 Å². The van der Waals surface area contributed by atoms with E-state index >= 15 is 0 Å². The summed E-state index contributed by atoms with van der Waals surface area (Å²) in [6, 6.07) is 0. The molecule has 0 aromatic carbocycles. The van der Waals surface area contributed by atoms with Crippen LogP contribution >= 0.6 is 0 Å². The van der Waals surface area contributed by atoms with Crippen molar-refractivity contribution in [2.45, 2.75) is 19.0 Å². The highest BCUT2D eigenvalue weighted by atomic mass is 19.4. The van der Waals surface area contributed by atoms with E-state index in [0.29, 0.717) is 0 Å². The molecule has 106 valence electrons. The van der Waals surface area contributed by atoms with Gasteiger partial charge in [-0.2, -0.15) is 22.0 Å². The number of hydrogen-bond acceptors (Lipinski definition) is 2. The molecule has 2 amide bonds. The summed E-state index contributed by atoms with van der Waals surface area (Å²) in [4.78, 5) is 22.2. The standard InChI is InChI=1S/C9H13F5N2O2/c1-5(6(17)15-2)4-16(3)7(18)8(10,11)9(12,13)14/h5H,4H2,1-3H3,(H,15,17). The molecule has 1 unspecified atom stereocenters. The monoisotopic (exact) mass is 276 g/mol. The summed E-state index contributed by atoms with van der Waals surface area (Å²) in [7, 11) is 2.06. The Bertz CT molecular complexity index is 329. The van der Waals surface area contributed by atoms with E-state index in [1.54, 1.807) is 0 Å². The van der Waals surface area contributed by atoms with Crippen molar-refractivity contribution >= 4 is 11.8 Å². The van der Waals surface area contributed by atoms with E-state index in [9.17, 15) is 31.5 Å². The maximum absolute atomic E-state index is 12.7. The van der Waals surface area contributed by atoms with Gasteiger partial charge >= 0.3 is 18.0 Å². The maximum Gasteiger partial charge on any atom is 0.463 e. The fourth-order valence-corrected chi connectivity index (χ4v) is 1.18. The first-order valence-electron chi connectivity index (χ1n) is 4.86. The lowest BCUT2D eigenvalue weighted by Gasteiger charge is -2.26. The first kappa shape index (κ1) is 16.6. The smallest absolute Gasteiger partial charge is 0.359 e. The Morgan fingerprint density at radius 3 is 2.00 bits per heavy atom. The van der Waals surface area contributed by atoms with Gasteiger partial charge in [0.1, 0.15) is 0 Å². The van der Waals surface area contributed by atoms with Gasteiger partial charge in [0, 0.05) is 20.6 Å². The molecule has 0 saturated heterocycles. The van der Waals surface area contributed by atoms with E-state index in [-0.39, 0.29) is 4.90 Å². The number of nitrogens with one attached hydrogen (secondary N) is 1. The molecule has 0 spiro atoms. The second kappa shape index (κ2) is 5.49. The number of rotatable bonds is 4. The lowest BCUT2D eigenvalue weighted by Crippen LogP contribution is -2.52. The van der Waals surface area contributed by atoms with Crippen molar-refractivity contribution in [3.05, 3.63) is 0 Å². The van der Waals surface area contributed by atoms with Crippen LogP contribution in [0.25, 0.3) is 0 Å². The topological polar surface area (TPSA) is 49.4 Å². The second-order valence-electron chi connectivity index (χ2n) is 3.77. The number of halogens is 5. The van der Waals surface area contributed by atoms with Crippen molar-refractivity contribution in [3.8, 4) is 0 Å². The Labute approximate surface area is 100 Å². The lowest BCUT2D eigenvalue weighted by atomic mass is 10.1. The first-order valence-corrected chi connectivity index (χ1v) is 4.86. The van der Waals surface area contributed by atoms with Gasteiger partial charge in [-0.3, -0.25) is 9.59 Å². The molecule has 0 aromatic rings. The van der Waals surface area contributed by atoms with Crippen LogP contribution in [0.3, 0.4) is 0 Å². The molecular formula is C9H13F5N2O2. The molecular weight excluding hydrogens is 263 g/mol. The third-order valence-electron chi connectivity index (χ3n) is 2.21. The van der Waals surface area contributed by atoms with E-state index in [0.717, 1.165) is 7.05 Å². The Balaban J connectivity index is 4.77. The summed E-state index contributed by atoms with van der Waals surface area (Å²) >= 11 is 0. The van der Waals surface area contributed by atoms with Gasteiger partial charge in [-0.1, -0.05) is 6.92 Å². The van der Waals surface area contributed by atoms with E-state index in [1.165, 1.54) is 14.0 Å². The fourth-order valence-electron chi connectivity index (χ4n) is 1.18. The first-order chi connectivity index (χ1) is 7.95. The van der Waals surface area contributed by atoms with Gasteiger partial charge in [-0.05, 0) is 0 Å². The molecule has 4 nitrogen and oxygen atoms in total. The highest BCUT2D eigenvalue weighted by Gasteiger charge is 2.64. The van der Waals surface area contributed by atoms with Gasteiger partial charge < -0.3 is 10.2 Å². The zero-order chi connectivity index (χ0) is 14.7. The lowest BCUT2D eigenvalue weighted by molar-refractivity contribution is -0.274. The minimum absolute atomic E-state index is 0.188. The summed E-state index contributed by atoms with van der Waals surface area (Å²) in [5.74, 6) is -9.30. The number of carbonyl (C=O) groups is 2. The molecule has 9 heteroatoms. The van der Waals surface area contributed by atoms with Gasteiger partial charge in [0.05, 0.1) is 5.92 Å². The molecule has 0 rings (SSSR count). The zero-order valence-electron chi connectivity index (χ0n) is 9.94. The number of nitrogens with zero attached hydrogens (tertiary/aromatic N) is 1. The summed E-state index contributed by atoms with van der Waals surface area (Å²) in [6.45, 7) is 0.762. The molecule has 0 bridgehead atoms. The number of carbonyl (C=O) groups excluding carboxylic acids is 2. The van der Waals surface area contributed by atoms with Crippen LogP contribution in [-0.4, -0.2) is 49.5 Å². The van der Waals surface area contributed by atoms with Gasteiger partial charge in [0.25, 0.3) is 0 Å². The molecule has 0 aliphatic heterocycles. The van der Waals surface area contributed by atoms with Crippen LogP contribution in [0.15, 0.2) is 0 Å². The molecule has 0 fully saturated rings. The molecule has 0 aromatic heterocycles. The quantitative estimate of drug-likeness (QED) is 0.779. The second-order valence-corrected chi connectivity index (χ2v) is 3.77. The SMILES string of the molecule is CNC(=O)C(C)CN(C)C(=O)C(F)(F)C(F)(F)F. The van der Waals surface area contributed by atoms with Crippen molar-refractivity contribution in [1.29, 1.82) is 0 Å². The predicted molar refractivity (Wildman–Crippen MR) is 51.9 cm³/mol. The maximum atomic E-state index is 12.7. The molecule has 1 N–H and O–H groups in total. The number of amides is 2. The third-order valence-corrected chi connectivity index (χ3v) is 2.21. The largest absolute Gasteiger partial charge is 0.463 e. The van der Waals surface area contributed by atoms with E-state index in [2.05, 4.69) is 5.32 Å². The zero-order valence-corrected chi connectivity index (χ0v) is 9.94. The van der Waals surface area contributed by atoms with Crippen LogP contribution in [0.1, 0.15) is 6.92 Å². The van der Waals surface area contributed by atoms with Crippen molar-refractivity contribution in [2.75, 3.05) is 20.6 Å². The number of alkyl halides is 5. The molecule has 0 aliphatic carbocycles. The number of hydrogen-bond donors (Lipinski definition) is 1. The summed E-state index contributed by atoms with van der Waals surface area (Å²) < 4.78 is 61.2. The minimum atomic E-state index is -5.95. The van der Waals surface area contributed by atoms with Crippen LogP contribution in [0.4, 0.5) is 22.0 Å². The van der Waals surface area contributed by atoms with Gasteiger partial charge in [0.15, 0.2) is 0 Å². The van der Waals surface area contributed by atoms with Gasteiger partial charge in [-0.15, -0.1) is 0 Å². The minimum Gasteiger partial charge on any atom is -0.359 e. The van der Waals surface area contributed by atoms with E-state index < -0.39 is 36.4 Å². The Morgan fingerprint density at radius 2 is 1.67 bits per heavy atom. The predicted octanol–water partition coefficient (Wildman–Crippen LogP) is 1.02. The third kappa shape index (κ3) is 3.54. The van der Waals surface area contributed by atoms with Gasteiger partial charge in [0.2, 0.25) is 5.91 Å². The molecule has 0 aliphatic rings. The molecule has 0 heterocycles. The highest BCUT2D eigenvalue weighted by Crippen LogP contribution is 2.36. The van der Waals surface area contributed by atoms with Crippen molar-refractivity contribution < 1.29 is 31.5 Å².